The maximum Gasteiger partial charge on any atom is 0.248 e. The van der Waals surface area contributed by atoms with Crippen molar-refractivity contribution in [3.05, 3.63) is 58.4 Å². The van der Waals surface area contributed by atoms with Crippen molar-refractivity contribution in [1.29, 1.82) is 0 Å². The van der Waals surface area contributed by atoms with Crippen LogP contribution in [-0.2, 0) is 32.5 Å². The van der Waals surface area contributed by atoms with Gasteiger partial charge in [0.1, 0.15) is 17.4 Å². The Morgan fingerprint density at radius 2 is 1.89 bits per heavy atom. The van der Waals surface area contributed by atoms with Crippen LogP contribution in [0.2, 0.25) is 0 Å². The van der Waals surface area contributed by atoms with E-state index in [-0.39, 0.29) is 30.6 Å². The zero-order chi connectivity index (χ0) is 25.9. The molecule has 1 aliphatic heterocycles. The van der Waals surface area contributed by atoms with Crippen molar-refractivity contribution in [2.75, 3.05) is 40.5 Å². The maximum atomic E-state index is 13.1. The van der Waals surface area contributed by atoms with Gasteiger partial charge in [-0.2, -0.15) is 4.31 Å². The summed E-state index contributed by atoms with van der Waals surface area (Å²) < 4.78 is 38.3. The monoisotopic (exact) mass is 530 g/mol. The van der Waals surface area contributed by atoms with E-state index in [0.717, 1.165) is 21.1 Å². The predicted molar refractivity (Wildman–Crippen MR) is 138 cm³/mol. The number of pyridine rings is 1. The van der Waals surface area contributed by atoms with Gasteiger partial charge in [0.25, 0.3) is 0 Å². The fraction of sp³-hybridized carbons (Fsp3) is 0.400. The molecule has 36 heavy (non-hydrogen) atoms. The van der Waals surface area contributed by atoms with Gasteiger partial charge < -0.3 is 14.4 Å². The Hall–Kier alpha value is -2.86. The van der Waals surface area contributed by atoms with Crippen molar-refractivity contribution in [1.82, 2.24) is 19.2 Å². The molecule has 0 aliphatic carbocycles. The van der Waals surface area contributed by atoms with Gasteiger partial charge in [-0.15, -0.1) is 11.3 Å². The maximum absolute atomic E-state index is 13.1. The van der Waals surface area contributed by atoms with Crippen molar-refractivity contribution < 1.29 is 22.7 Å². The van der Waals surface area contributed by atoms with Gasteiger partial charge in [0.2, 0.25) is 15.9 Å². The molecule has 1 amide bonds. The minimum Gasteiger partial charge on any atom is -0.497 e. The van der Waals surface area contributed by atoms with Crippen LogP contribution in [-0.4, -0.2) is 74.0 Å². The van der Waals surface area contributed by atoms with Crippen LogP contribution < -0.4 is 4.74 Å². The topological polar surface area (TPSA) is 102 Å². The number of thiazole rings is 1. The van der Waals surface area contributed by atoms with Crippen molar-refractivity contribution in [3.8, 4) is 16.3 Å². The van der Waals surface area contributed by atoms with E-state index in [1.165, 1.54) is 11.4 Å². The Kier molecular flexibility index (Phi) is 8.04. The first-order valence-electron chi connectivity index (χ1n) is 11.6. The molecule has 1 aromatic carbocycles. The second kappa shape index (κ2) is 11.0. The number of carbonyl (C=O) groups excluding carboxylic acids is 1. The number of methoxy groups -OCH3 is 1. The molecule has 0 saturated heterocycles. The van der Waals surface area contributed by atoms with Gasteiger partial charge in [-0.25, -0.2) is 13.4 Å². The van der Waals surface area contributed by atoms with E-state index in [2.05, 4.69) is 4.98 Å². The quantitative estimate of drug-likeness (QED) is 0.392. The highest BCUT2D eigenvalue weighted by atomic mass is 32.2. The van der Waals surface area contributed by atoms with Crippen molar-refractivity contribution >= 4 is 27.3 Å². The number of aryl methyl sites for hydroxylation is 2. The molecule has 2 aromatic heterocycles. The van der Waals surface area contributed by atoms with E-state index >= 15 is 0 Å². The van der Waals surface area contributed by atoms with Crippen molar-refractivity contribution in [3.63, 3.8) is 0 Å². The largest absolute Gasteiger partial charge is 0.497 e. The Balaban J connectivity index is 1.29. The molecule has 0 N–H and O–H groups in total. The summed E-state index contributed by atoms with van der Waals surface area (Å²) >= 11 is 1.59. The molecular weight excluding hydrogens is 500 g/mol. The minimum atomic E-state index is -3.71. The lowest BCUT2D eigenvalue weighted by Crippen LogP contribution is -2.38. The van der Waals surface area contributed by atoms with Crippen molar-refractivity contribution in [2.45, 2.75) is 31.7 Å². The number of benzene rings is 1. The molecule has 0 fully saturated rings. The van der Waals surface area contributed by atoms with Gasteiger partial charge in [0.15, 0.2) is 0 Å². The molecule has 3 aromatic rings. The number of likely N-dealkylation sites (N-methyl/N-ethyl adjacent to an activating group) is 1. The van der Waals surface area contributed by atoms with Crippen LogP contribution in [0.25, 0.3) is 10.6 Å². The smallest absolute Gasteiger partial charge is 0.248 e. The second-order valence-electron chi connectivity index (χ2n) is 8.66. The standard InChI is InChI=1S/C25H30N4O5S2/c1-17-13-20(33-4)14-18(2)24(17)36(31,32)28(3)11-12-34-16-23(30)29-10-7-21-22(15-29)35-25(27-21)19-5-8-26-9-6-19/h5-6,8-9,13-14H,7,10-12,15-16H2,1-4H3. The molecule has 0 bridgehead atoms. The van der Waals surface area contributed by atoms with Crippen LogP contribution in [0.3, 0.4) is 0 Å². The summed E-state index contributed by atoms with van der Waals surface area (Å²) in [6, 6.07) is 7.26. The van der Waals surface area contributed by atoms with E-state index in [0.29, 0.717) is 36.4 Å². The Morgan fingerprint density at radius 1 is 1.19 bits per heavy atom. The summed E-state index contributed by atoms with van der Waals surface area (Å²) in [7, 11) is -0.645. The molecule has 0 atom stereocenters. The van der Waals surface area contributed by atoms with Crippen LogP contribution in [0.5, 0.6) is 5.75 Å². The summed E-state index contributed by atoms with van der Waals surface area (Å²) in [6.45, 7) is 4.73. The number of rotatable bonds is 9. The van der Waals surface area contributed by atoms with Crippen LogP contribution in [0.4, 0.5) is 0 Å². The summed E-state index contributed by atoms with van der Waals surface area (Å²) in [5, 5.41) is 0.930. The molecule has 1 aliphatic rings. The normalized spacial score (nSPS) is 13.6. The number of ether oxygens (including phenoxy) is 2. The zero-order valence-electron chi connectivity index (χ0n) is 20.9. The third-order valence-electron chi connectivity index (χ3n) is 6.13. The highest BCUT2D eigenvalue weighted by Gasteiger charge is 2.27. The number of hydrogen-bond acceptors (Lipinski definition) is 8. The van der Waals surface area contributed by atoms with Crippen molar-refractivity contribution in [2.24, 2.45) is 0 Å². The highest BCUT2D eigenvalue weighted by Crippen LogP contribution is 2.31. The number of aromatic nitrogens is 2. The van der Waals surface area contributed by atoms with Gasteiger partial charge in [0.05, 0.1) is 30.9 Å². The highest BCUT2D eigenvalue weighted by molar-refractivity contribution is 7.89. The third-order valence-corrected chi connectivity index (χ3v) is 9.42. The van der Waals surface area contributed by atoms with Gasteiger partial charge in [-0.3, -0.25) is 9.78 Å². The molecule has 0 spiro atoms. The van der Waals surface area contributed by atoms with Crippen LogP contribution in [0.15, 0.2) is 41.6 Å². The Morgan fingerprint density at radius 3 is 2.56 bits per heavy atom. The SMILES string of the molecule is COc1cc(C)c(S(=O)(=O)N(C)CCOCC(=O)N2CCc3nc(-c4ccncc4)sc3C2)c(C)c1. The van der Waals surface area contributed by atoms with E-state index in [4.69, 9.17) is 14.5 Å². The first-order valence-corrected chi connectivity index (χ1v) is 13.8. The number of fused-ring (bicyclic) bond motifs is 1. The Labute approximate surface area is 215 Å². The minimum absolute atomic E-state index is 0.0974. The average Bonchev–Trinajstić information content (AvgIpc) is 3.29. The van der Waals surface area contributed by atoms with E-state index < -0.39 is 10.0 Å². The first-order chi connectivity index (χ1) is 17.2. The molecule has 192 valence electrons. The number of amides is 1. The van der Waals surface area contributed by atoms with Gasteiger partial charge in [-0.1, -0.05) is 0 Å². The van der Waals surface area contributed by atoms with Crippen LogP contribution in [0.1, 0.15) is 21.7 Å². The summed E-state index contributed by atoms with van der Waals surface area (Å²) in [5.41, 5.74) is 3.29. The molecule has 0 unspecified atom stereocenters. The summed E-state index contributed by atoms with van der Waals surface area (Å²) in [5.74, 6) is 0.497. The number of hydrogen-bond donors (Lipinski definition) is 0. The lowest BCUT2D eigenvalue weighted by molar-refractivity contribution is -0.137. The third kappa shape index (κ3) is 5.59. The summed E-state index contributed by atoms with van der Waals surface area (Å²) in [4.78, 5) is 24.6. The summed E-state index contributed by atoms with van der Waals surface area (Å²) in [6.07, 6.45) is 4.18. The lowest BCUT2D eigenvalue weighted by Gasteiger charge is -2.26. The second-order valence-corrected chi connectivity index (χ2v) is 11.7. The fourth-order valence-electron chi connectivity index (χ4n) is 4.18. The van der Waals surface area contributed by atoms with E-state index in [1.807, 2.05) is 12.1 Å². The molecule has 0 saturated carbocycles. The van der Waals surface area contributed by atoms with E-state index in [9.17, 15) is 13.2 Å². The lowest BCUT2D eigenvalue weighted by atomic mass is 10.1. The molecular formula is C25H30N4O5S2. The average molecular weight is 531 g/mol. The van der Waals surface area contributed by atoms with Gasteiger partial charge in [-0.05, 0) is 49.2 Å². The van der Waals surface area contributed by atoms with E-state index in [1.54, 1.807) is 61.7 Å². The number of nitrogens with zero attached hydrogens (tertiary/aromatic N) is 4. The Bertz CT molecular complexity index is 1320. The first kappa shape index (κ1) is 26.2. The van der Waals surface area contributed by atoms with Gasteiger partial charge in [0, 0.05) is 49.4 Å². The molecule has 0 radical (unpaired) electrons. The molecule has 4 rings (SSSR count). The number of carbonyl (C=O) groups is 1. The zero-order valence-corrected chi connectivity index (χ0v) is 22.5. The molecule has 3 heterocycles. The molecule has 11 heteroatoms. The predicted octanol–water partition coefficient (Wildman–Crippen LogP) is 3.05. The fourth-order valence-corrected chi connectivity index (χ4v) is 6.87. The van der Waals surface area contributed by atoms with Crippen LogP contribution >= 0.6 is 11.3 Å². The van der Waals surface area contributed by atoms with Crippen LogP contribution in [0, 0.1) is 13.8 Å². The molecule has 9 nitrogen and oxygen atoms in total. The number of sulfonamides is 1. The van der Waals surface area contributed by atoms with Gasteiger partial charge >= 0.3 is 0 Å².